The van der Waals surface area contributed by atoms with E-state index in [0.29, 0.717) is 12.1 Å². The summed E-state index contributed by atoms with van der Waals surface area (Å²) >= 11 is 0. The number of benzene rings is 3. The zero-order chi connectivity index (χ0) is 24.9. The Hall–Kier alpha value is -4.00. The highest BCUT2D eigenvalue weighted by atomic mass is 16.6. The topological polar surface area (TPSA) is 101 Å². The normalized spacial score (nSPS) is 11.1. The molecule has 0 heterocycles. The number of carboxylic acid groups (broad SMARTS) is 1. The highest BCUT2D eigenvalue weighted by molar-refractivity contribution is 6.37. The van der Waals surface area contributed by atoms with Crippen LogP contribution in [0.2, 0.25) is 0 Å². The van der Waals surface area contributed by atoms with E-state index < -0.39 is 35.7 Å². The van der Waals surface area contributed by atoms with E-state index in [4.69, 9.17) is 4.74 Å². The summed E-state index contributed by atoms with van der Waals surface area (Å²) in [6.45, 7) is 5.35. The maximum atomic E-state index is 13.2. The molecule has 0 aliphatic rings. The van der Waals surface area contributed by atoms with Gasteiger partial charge in [0.2, 0.25) is 11.7 Å². The van der Waals surface area contributed by atoms with E-state index in [1.165, 1.54) is 29.2 Å². The number of ether oxygens (including phenoxy) is 1. The average molecular weight is 462 g/mol. The number of carbonyl (C=O) groups excluding carboxylic acids is 3. The van der Waals surface area contributed by atoms with Crippen LogP contribution in [0.15, 0.2) is 66.7 Å². The number of esters is 1. The monoisotopic (exact) mass is 461 g/mol. The molecule has 0 aliphatic heterocycles. The predicted molar refractivity (Wildman–Crippen MR) is 129 cm³/mol. The molecule has 0 atom stereocenters. The number of amides is 1. The third-order valence-corrected chi connectivity index (χ3v) is 5.64. The predicted octanol–water partition coefficient (Wildman–Crippen LogP) is 4.76. The zero-order valence-corrected chi connectivity index (χ0v) is 19.4. The molecule has 7 nitrogen and oxygen atoms in total. The molecule has 0 saturated heterocycles. The van der Waals surface area contributed by atoms with Crippen LogP contribution in [0.1, 0.15) is 49.5 Å². The summed E-state index contributed by atoms with van der Waals surface area (Å²) in [7, 11) is 0. The van der Waals surface area contributed by atoms with Crippen LogP contribution in [-0.4, -0.2) is 34.3 Å². The molecule has 3 aromatic carbocycles. The van der Waals surface area contributed by atoms with Crippen molar-refractivity contribution in [2.24, 2.45) is 0 Å². The number of carbonyl (C=O) groups is 4. The van der Waals surface area contributed by atoms with Crippen LogP contribution in [0.4, 0.5) is 5.69 Å². The fourth-order valence-corrected chi connectivity index (χ4v) is 3.31. The number of carboxylic acids is 1. The first-order valence-electron chi connectivity index (χ1n) is 11.0. The van der Waals surface area contributed by atoms with Crippen LogP contribution < -0.4 is 4.90 Å². The van der Waals surface area contributed by atoms with E-state index in [1.807, 2.05) is 49.4 Å². The van der Waals surface area contributed by atoms with Gasteiger partial charge in [0.05, 0.1) is 18.5 Å². The molecule has 1 amide bonds. The second-order valence-corrected chi connectivity index (χ2v) is 8.62. The van der Waals surface area contributed by atoms with Crippen molar-refractivity contribution in [3.05, 3.63) is 77.9 Å². The molecule has 0 radical (unpaired) electrons. The van der Waals surface area contributed by atoms with Gasteiger partial charge >= 0.3 is 11.9 Å². The molecule has 0 aromatic heterocycles. The minimum atomic E-state index is -1.09. The van der Waals surface area contributed by atoms with Crippen molar-refractivity contribution in [3.63, 3.8) is 0 Å². The number of nitrogens with zero attached hydrogens (tertiary/aromatic N) is 1. The van der Waals surface area contributed by atoms with E-state index >= 15 is 0 Å². The van der Waals surface area contributed by atoms with Crippen LogP contribution in [0.5, 0.6) is 0 Å². The molecule has 0 unspecified atom stereocenters. The first kappa shape index (κ1) is 24.6. The molecule has 0 fully saturated rings. The van der Waals surface area contributed by atoms with Gasteiger partial charge < -0.3 is 14.7 Å². The Kier molecular flexibility index (Phi) is 7.46. The molecular weight excluding hydrogens is 434 g/mol. The zero-order valence-electron chi connectivity index (χ0n) is 19.4. The van der Waals surface area contributed by atoms with Gasteiger partial charge in [-0.05, 0) is 66.9 Å². The van der Waals surface area contributed by atoms with Crippen LogP contribution in [0.25, 0.3) is 10.8 Å². The number of hydrogen-bond donors (Lipinski definition) is 1. The third kappa shape index (κ3) is 6.07. The fourth-order valence-electron chi connectivity index (χ4n) is 3.31. The maximum Gasteiger partial charge on any atom is 0.375 e. The summed E-state index contributed by atoms with van der Waals surface area (Å²) in [6.07, 6.45) is -0.142. The first-order chi connectivity index (χ1) is 16.1. The molecular formula is C27H27NO6. The smallest absolute Gasteiger partial charge is 0.375 e. The molecule has 1 N–H and O–H groups in total. The summed E-state index contributed by atoms with van der Waals surface area (Å²) < 4.78 is 5.22. The number of anilines is 1. The van der Waals surface area contributed by atoms with Gasteiger partial charge in [0, 0.05) is 5.69 Å². The Labute approximate surface area is 197 Å². The molecule has 0 aliphatic carbocycles. The number of hydrogen-bond acceptors (Lipinski definition) is 5. The maximum absolute atomic E-state index is 13.2. The van der Waals surface area contributed by atoms with Gasteiger partial charge in [0.25, 0.3) is 0 Å². The Morgan fingerprint density at radius 3 is 2.18 bits per heavy atom. The minimum Gasteiger partial charge on any atom is -0.478 e. The van der Waals surface area contributed by atoms with E-state index in [0.717, 1.165) is 16.3 Å². The van der Waals surface area contributed by atoms with Gasteiger partial charge in [-0.1, -0.05) is 43.3 Å². The molecule has 0 bridgehead atoms. The van der Waals surface area contributed by atoms with Gasteiger partial charge in [-0.2, -0.15) is 0 Å². The van der Waals surface area contributed by atoms with Crippen molar-refractivity contribution in [2.45, 2.75) is 45.8 Å². The third-order valence-electron chi connectivity index (χ3n) is 5.64. The molecule has 176 valence electrons. The quantitative estimate of drug-likeness (QED) is 0.280. The molecule has 0 spiro atoms. The summed E-state index contributed by atoms with van der Waals surface area (Å²) in [5.74, 6) is -3.66. The molecule has 3 rings (SSSR count). The van der Waals surface area contributed by atoms with Crippen molar-refractivity contribution in [3.8, 4) is 0 Å². The van der Waals surface area contributed by atoms with E-state index in [9.17, 15) is 24.3 Å². The van der Waals surface area contributed by atoms with Gasteiger partial charge in [0.1, 0.15) is 5.60 Å². The Morgan fingerprint density at radius 1 is 0.912 bits per heavy atom. The lowest BCUT2D eigenvalue weighted by Gasteiger charge is -2.24. The standard InChI is InChI=1S/C27H27NO6/c1-4-27(2,3)34-26(33)23(29)16-24(30)28(22-13-11-20(12-14-22)25(31)32)17-18-9-10-19-7-5-6-8-21(19)15-18/h5-15H,4,16-17H2,1-3H3,(H,31,32). The van der Waals surface area contributed by atoms with Crippen molar-refractivity contribution < 1.29 is 29.0 Å². The average Bonchev–Trinajstić information content (AvgIpc) is 2.82. The number of Topliss-reactive ketones (excluding diaryl/α,β-unsaturated/α-hetero) is 1. The minimum absolute atomic E-state index is 0.0725. The summed E-state index contributed by atoms with van der Waals surface area (Å²) in [4.78, 5) is 50.4. The van der Waals surface area contributed by atoms with Gasteiger partial charge in [-0.25, -0.2) is 9.59 Å². The summed E-state index contributed by atoms with van der Waals surface area (Å²) in [5.41, 5.74) is 0.491. The molecule has 7 heteroatoms. The Balaban J connectivity index is 1.87. The van der Waals surface area contributed by atoms with E-state index in [-0.39, 0.29) is 12.1 Å². The number of aromatic carboxylic acids is 1. The van der Waals surface area contributed by atoms with E-state index in [2.05, 4.69) is 0 Å². The van der Waals surface area contributed by atoms with Crippen molar-refractivity contribution >= 4 is 40.1 Å². The van der Waals surface area contributed by atoms with Gasteiger partial charge in [-0.15, -0.1) is 0 Å². The largest absolute Gasteiger partial charge is 0.478 e. The number of rotatable bonds is 9. The summed E-state index contributed by atoms with van der Waals surface area (Å²) in [6, 6.07) is 19.4. The molecule has 34 heavy (non-hydrogen) atoms. The SMILES string of the molecule is CCC(C)(C)OC(=O)C(=O)CC(=O)N(Cc1ccc2ccccc2c1)c1ccc(C(=O)O)cc1. The Morgan fingerprint density at radius 2 is 1.56 bits per heavy atom. The van der Waals surface area contributed by atoms with Crippen molar-refractivity contribution in [1.29, 1.82) is 0 Å². The second kappa shape index (κ2) is 10.3. The van der Waals surface area contributed by atoms with E-state index in [1.54, 1.807) is 13.8 Å². The van der Waals surface area contributed by atoms with Gasteiger partial charge in [0.15, 0.2) is 0 Å². The first-order valence-corrected chi connectivity index (χ1v) is 11.0. The Bertz CT molecular complexity index is 1230. The molecule has 3 aromatic rings. The fraction of sp³-hybridized carbons (Fsp3) is 0.259. The van der Waals surface area contributed by atoms with Gasteiger partial charge in [-0.3, -0.25) is 9.59 Å². The highest BCUT2D eigenvalue weighted by Crippen LogP contribution is 2.23. The number of fused-ring (bicyclic) bond motifs is 1. The van der Waals surface area contributed by atoms with Crippen LogP contribution in [0, 0.1) is 0 Å². The molecule has 0 saturated carbocycles. The number of ketones is 1. The van der Waals surface area contributed by atoms with Crippen LogP contribution >= 0.6 is 0 Å². The summed E-state index contributed by atoms with van der Waals surface area (Å²) in [5, 5.41) is 11.2. The highest BCUT2D eigenvalue weighted by Gasteiger charge is 2.29. The van der Waals surface area contributed by atoms with Crippen LogP contribution in [-0.2, 0) is 25.7 Å². The second-order valence-electron chi connectivity index (χ2n) is 8.62. The van der Waals surface area contributed by atoms with Crippen molar-refractivity contribution in [2.75, 3.05) is 4.90 Å². The van der Waals surface area contributed by atoms with Crippen molar-refractivity contribution in [1.82, 2.24) is 0 Å². The lowest BCUT2D eigenvalue weighted by molar-refractivity contribution is -0.164. The van der Waals surface area contributed by atoms with Crippen LogP contribution in [0.3, 0.4) is 0 Å². The lowest BCUT2D eigenvalue weighted by Crippen LogP contribution is -2.36. The lowest BCUT2D eigenvalue weighted by atomic mass is 10.1.